The number of carbonyl (C=O) groups excluding carboxylic acids is 1. The number of amides is 1. The number of alkyl carbamates (subject to hydrolysis) is 1. The van der Waals surface area contributed by atoms with Gasteiger partial charge in [0.05, 0.1) is 11.7 Å². The van der Waals surface area contributed by atoms with Gasteiger partial charge >= 0.3 is 6.09 Å². The molecule has 0 aliphatic rings. The lowest BCUT2D eigenvalue weighted by Crippen LogP contribution is -2.36. The molecule has 1 amide bonds. The Kier molecular flexibility index (Phi) is 5.49. The molecule has 2 aromatic rings. The van der Waals surface area contributed by atoms with E-state index in [1.807, 2.05) is 0 Å². The van der Waals surface area contributed by atoms with Crippen LogP contribution in [0.25, 0.3) is 0 Å². The van der Waals surface area contributed by atoms with Gasteiger partial charge in [-0.1, -0.05) is 6.07 Å². The quantitative estimate of drug-likeness (QED) is 0.913. The summed E-state index contributed by atoms with van der Waals surface area (Å²) in [6.07, 6.45) is 1.16. The summed E-state index contributed by atoms with van der Waals surface area (Å²) in [4.78, 5) is 16.3. The minimum Gasteiger partial charge on any atom is -0.444 e. The number of nitrogens with one attached hydrogen (secondary N) is 1. The Bertz CT molecular complexity index is 680. The maximum atomic E-state index is 13.4. The molecule has 0 radical (unpaired) electrons. The van der Waals surface area contributed by atoms with Gasteiger partial charge in [-0.25, -0.2) is 13.6 Å². The van der Waals surface area contributed by atoms with Crippen molar-refractivity contribution in [2.45, 2.75) is 38.8 Å². The number of pyridine rings is 1. The Morgan fingerprint density at radius 3 is 2.42 bits per heavy atom. The number of aromatic nitrogens is 1. The van der Waals surface area contributed by atoms with E-state index >= 15 is 0 Å². The zero-order chi connectivity index (χ0) is 17.7. The molecule has 1 aromatic heterocycles. The molecule has 1 heterocycles. The van der Waals surface area contributed by atoms with Gasteiger partial charge in [0.15, 0.2) is 0 Å². The molecule has 1 unspecified atom stereocenters. The molecule has 0 saturated heterocycles. The van der Waals surface area contributed by atoms with Crippen LogP contribution in [0.5, 0.6) is 0 Å². The molecule has 0 spiro atoms. The van der Waals surface area contributed by atoms with Gasteiger partial charge in [0.2, 0.25) is 0 Å². The van der Waals surface area contributed by atoms with E-state index in [4.69, 9.17) is 4.74 Å². The molecule has 0 fully saturated rings. The number of ether oxygens (including phenoxy) is 1. The zero-order valence-electron chi connectivity index (χ0n) is 13.8. The van der Waals surface area contributed by atoms with Crippen LogP contribution in [0.1, 0.15) is 38.1 Å². The Labute approximate surface area is 139 Å². The largest absolute Gasteiger partial charge is 0.444 e. The molecule has 1 aromatic carbocycles. The highest BCUT2D eigenvalue weighted by Gasteiger charge is 2.22. The van der Waals surface area contributed by atoms with Crippen LogP contribution in [-0.4, -0.2) is 16.7 Å². The van der Waals surface area contributed by atoms with Crippen molar-refractivity contribution in [1.82, 2.24) is 10.3 Å². The van der Waals surface area contributed by atoms with Crippen molar-refractivity contribution in [3.8, 4) is 0 Å². The van der Waals surface area contributed by atoms with E-state index < -0.39 is 29.4 Å². The Morgan fingerprint density at radius 2 is 1.88 bits per heavy atom. The lowest BCUT2D eigenvalue weighted by molar-refractivity contribution is 0.0502. The first kappa shape index (κ1) is 17.8. The highest BCUT2D eigenvalue weighted by atomic mass is 19.1. The number of hydrogen-bond donors (Lipinski definition) is 1. The van der Waals surface area contributed by atoms with Gasteiger partial charge in [0.1, 0.15) is 17.2 Å². The molecule has 4 nitrogen and oxygen atoms in total. The van der Waals surface area contributed by atoms with E-state index in [-0.39, 0.29) is 6.42 Å². The van der Waals surface area contributed by atoms with Crippen LogP contribution >= 0.6 is 0 Å². The van der Waals surface area contributed by atoms with Crippen molar-refractivity contribution in [3.05, 3.63) is 65.5 Å². The molecule has 0 bridgehead atoms. The van der Waals surface area contributed by atoms with Crippen molar-refractivity contribution < 1.29 is 18.3 Å². The predicted molar refractivity (Wildman–Crippen MR) is 86.4 cm³/mol. The molecule has 1 N–H and O–H groups in total. The van der Waals surface area contributed by atoms with Gasteiger partial charge < -0.3 is 10.1 Å². The fourth-order valence-electron chi connectivity index (χ4n) is 2.23. The van der Waals surface area contributed by atoms with Gasteiger partial charge in [-0.3, -0.25) is 4.98 Å². The highest BCUT2D eigenvalue weighted by molar-refractivity contribution is 5.68. The SMILES string of the molecule is CC(C)(C)OC(=O)NC(Cc1cc(F)cc(F)c1)c1ccccn1. The van der Waals surface area contributed by atoms with E-state index in [1.165, 1.54) is 12.1 Å². The average molecular weight is 334 g/mol. The van der Waals surface area contributed by atoms with Crippen molar-refractivity contribution in [2.75, 3.05) is 0 Å². The third kappa shape index (κ3) is 5.61. The first-order valence-corrected chi connectivity index (χ1v) is 7.58. The summed E-state index contributed by atoms with van der Waals surface area (Å²) in [6, 6.07) is 7.96. The van der Waals surface area contributed by atoms with Crippen LogP contribution < -0.4 is 5.32 Å². The summed E-state index contributed by atoms with van der Waals surface area (Å²) in [5.74, 6) is -1.33. The van der Waals surface area contributed by atoms with E-state index in [0.29, 0.717) is 11.3 Å². The van der Waals surface area contributed by atoms with Crippen LogP contribution in [-0.2, 0) is 11.2 Å². The fourth-order valence-corrected chi connectivity index (χ4v) is 2.23. The summed E-state index contributed by atoms with van der Waals surface area (Å²) in [7, 11) is 0. The topological polar surface area (TPSA) is 51.2 Å². The van der Waals surface area contributed by atoms with Crippen molar-refractivity contribution in [3.63, 3.8) is 0 Å². The first-order chi connectivity index (χ1) is 11.2. The summed E-state index contributed by atoms with van der Waals surface area (Å²) >= 11 is 0. The standard InChI is InChI=1S/C18H20F2N2O2/c1-18(2,3)24-17(23)22-16(15-6-4-5-7-21-15)10-12-8-13(19)11-14(20)9-12/h4-9,11,16H,10H2,1-3H3,(H,22,23). The monoisotopic (exact) mass is 334 g/mol. The van der Waals surface area contributed by atoms with Crippen molar-refractivity contribution >= 4 is 6.09 Å². The minimum atomic E-state index is -0.665. The van der Waals surface area contributed by atoms with Gasteiger partial charge in [0, 0.05) is 12.3 Å². The van der Waals surface area contributed by atoms with Gasteiger partial charge in [-0.2, -0.15) is 0 Å². The van der Waals surface area contributed by atoms with Gasteiger partial charge in [-0.05, 0) is 57.0 Å². The second-order valence-corrected chi connectivity index (χ2v) is 6.44. The lowest BCUT2D eigenvalue weighted by Gasteiger charge is -2.23. The van der Waals surface area contributed by atoms with Crippen molar-refractivity contribution in [2.24, 2.45) is 0 Å². The molecule has 2 rings (SSSR count). The van der Waals surface area contributed by atoms with Crippen LogP contribution in [0.4, 0.5) is 13.6 Å². The number of benzene rings is 1. The molecule has 0 aliphatic carbocycles. The smallest absolute Gasteiger partial charge is 0.408 e. The minimum absolute atomic E-state index is 0.185. The molecule has 1 atom stereocenters. The van der Waals surface area contributed by atoms with Gasteiger partial charge in [0.25, 0.3) is 0 Å². The van der Waals surface area contributed by atoms with Crippen LogP contribution in [0.2, 0.25) is 0 Å². The Hall–Kier alpha value is -2.50. The number of carbonyl (C=O) groups is 1. The number of nitrogens with zero attached hydrogens (tertiary/aromatic N) is 1. The van der Waals surface area contributed by atoms with Crippen LogP contribution in [0, 0.1) is 11.6 Å². The summed E-state index contributed by atoms with van der Waals surface area (Å²) in [6.45, 7) is 5.26. The average Bonchev–Trinajstić information content (AvgIpc) is 2.44. The number of rotatable bonds is 4. The maximum absolute atomic E-state index is 13.4. The molecular weight excluding hydrogens is 314 g/mol. The predicted octanol–water partition coefficient (Wildman–Crippen LogP) is 4.17. The Balaban J connectivity index is 2.22. The molecule has 128 valence electrons. The van der Waals surface area contributed by atoms with E-state index in [2.05, 4.69) is 10.3 Å². The second-order valence-electron chi connectivity index (χ2n) is 6.44. The molecule has 24 heavy (non-hydrogen) atoms. The first-order valence-electron chi connectivity index (χ1n) is 7.58. The van der Waals surface area contributed by atoms with Crippen LogP contribution in [0.15, 0.2) is 42.6 Å². The van der Waals surface area contributed by atoms with Gasteiger partial charge in [-0.15, -0.1) is 0 Å². The fraction of sp³-hybridized carbons (Fsp3) is 0.333. The zero-order valence-corrected chi connectivity index (χ0v) is 13.8. The third-order valence-corrected chi connectivity index (χ3v) is 3.10. The second kappa shape index (κ2) is 7.38. The number of halogens is 2. The van der Waals surface area contributed by atoms with E-state index in [1.54, 1.807) is 45.2 Å². The molecule has 6 heteroatoms. The van der Waals surface area contributed by atoms with Crippen LogP contribution in [0.3, 0.4) is 0 Å². The summed E-state index contributed by atoms with van der Waals surface area (Å²) in [5, 5.41) is 2.71. The van der Waals surface area contributed by atoms with Crippen molar-refractivity contribution in [1.29, 1.82) is 0 Å². The van der Waals surface area contributed by atoms with E-state index in [9.17, 15) is 13.6 Å². The maximum Gasteiger partial charge on any atom is 0.408 e. The third-order valence-electron chi connectivity index (χ3n) is 3.10. The molecular formula is C18H20F2N2O2. The normalized spacial score (nSPS) is 12.5. The lowest BCUT2D eigenvalue weighted by atomic mass is 10.0. The molecule has 0 aliphatic heterocycles. The summed E-state index contributed by atoms with van der Waals surface area (Å²) in [5.41, 5.74) is 0.344. The highest BCUT2D eigenvalue weighted by Crippen LogP contribution is 2.19. The summed E-state index contributed by atoms with van der Waals surface area (Å²) < 4.78 is 32.0. The Morgan fingerprint density at radius 1 is 1.21 bits per heavy atom. The van der Waals surface area contributed by atoms with E-state index in [0.717, 1.165) is 6.07 Å². The molecule has 0 saturated carbocycles. The number of hydrogen-bond acceptors (Lipinski definition) is 3.